The highest BCUT2D eigenvalue weighted by Crippen LogP contribution is 2.42. The maximum atomic E-state index is 13.2. The molecule has 0 heterocycles. The van der Waals surface area contributed by atoms with E-state index in [2.05, 4.69) is 74.5 Å². The zero-order chi connectivity index (χ0) is 28.6. The van der Waals surface area contributed by atoms with E-state index in [-0.39, 0.29) is 19.0 Å². The topological polar surface area (TPSA) is 34.1 Å². The number of aryl methyl sites for hydroxylation is 3. The van der Waals surface area contributed by atoms with E-state index >= 15 is 0 Å². The van der Waals surface area contributed by atoms with Crippen LogP contribution < -0.4 is 0 Å². The third-order valence-corrected chi connectivity index (χ3v) is 9.29. The Morgan fingerprint density at radius 1 is 0.786 bits per heavy atom. The smallest absolute Gasteiger partial charge is 0.163 e. The molecule has 220 valence electrons. The van der Waals surface area contributed by atoms with Gasteiger partial charge in [-0.25, -0.2) is 0 Å². The monoisotopic (exact) mass is 560 g/mol. The summed E-state index contributed by atoms with van der Waals surface area (Å²) in [5.74, 6) is 1.43. The van der Waals surface area contributed by atoms with Gasteiger partial charge in [0.25, 0.3) is 0 Å². The average molecular weight is 561 g/mol. The lowest BCUT2D eigenvalue weighted by atomic mass is 9.74. The van der Waals surface area contributed by atoms with Crippen LogP contribution >= 0.6 is 0 Å². The Balaban J connectivity index is 0.00000405. The summed E-state index contributed by atoms with van der Waals surface area (Å²) in [6.45, 7) is 4.39. The fourth-order valence-electron chi connectivity index (χ4n) is 6.73. The number of hydrogen-bond donors (Lipinski definition) is 0. The number of allylic oxidation sites excluding steroid dienone is 4. The lowest BCUT2D eigenvalue weighted by molar-refractivity contribution is -0.115. The molecule has 0 amide bonds. The highest BCUT2D eigenvalue weighted by atomic mass is 16.1. The van der Waals surface area contributed by atoms with E-state index in [0.29, 0.717) is 24.7 Å². The molecule has 0 bridgehead atoms. The molecule has 42 heavy (non-hydrogen) atoms. The van der Waals surface area contributed by atoms with E-state index in [1.54, 1.807) is 0 Å². The van der Waals surface area contributed by atoms with Gasteiger partial charge < -0.3 is 0 Å². The molecule has 5 rings (SSSR count). The molecule has 2 heteroatoms. The van der Waals surface area contributed by atoms with E-state index in [1.165, 1.54) is 40.7 Å². The van der Waals surface area contributed by atoms with Crippen LogP contribution in [0, 0.1) is 6.92 Å². The highest BCUT2D eigenvalue weighted by molar-refractivity contribution is 5.99. The summed E-state index contributed by atoms with van der Waals surface area (Å²) in [5.41, 5.74) is 9.55. The van der Waals surface area contributed by atoms with Gasteiger partial charge >= 0.3 is 0 Å². The summed E-state index contributed by atoms with van der Waals surface area (Å²) in [6.07, 6.45) is 16.1. The number of Topliss-reactive ketones (excluding diaryl/α,β-unsaturated/α-hetero) is 2. The SMILES string of the molecule is C.CCc1ccc(CCCCC(=O)c2ccc(C3CCC(c4ccccc4C)CC3)c(CC(=O)C3=CC=CC3)c2)cc1. The van der Waals surface area contributed by atoms with Crippen molar-refractivity contribution in [2.24, 2.45) is 0 Å². The number of benzene rings is 3. The van der Waals surface area contributed by atoms with Crippen molar-refractivity contribution in [3.05, 3.63) is 129 Å². The summed E-state index contributed by atoms with van der Waals surface area (Å²) in [4.78, 5) is 26.4. The van der Waals surface area contributed by atoms with E-state index in [9.17, 15) is 9.59 Å². The number of hydrogen-bond acceptors (Lipinski definition) is 2. The summed E-state index contributed by atoms with van der Waals surface area (Å²) in [7, 11) is 0. The van der Waals surface area contributed by atoms with Gasteiger partial charge in [-0.1, -0.05) is 93.2 Å². The Bertz CT molecular complexity index is 1410. The molecule has 3 aromatic carbocycles. The maximum Gasteiger partial charge on any atom is 0.163 e. The van der Waals surface area contributed by atoms with E-state index in [1.807, 2.05) is 24.3 Å². The van der Waals surface area contributed by atoms with Crippen LogP contribution in [0.2, 0.25) is 0 Å². The summed E-state index contributed by atoms with van der Waals surface area (Å²) in [6, 6.07) is 23.9. The number of ketones is 2. The second-order valence-electron chi connectivity index (χ2n) is 12.0. The van der Waals surface area contributed by atoms with E-state index in [0.717, 1.165) is 61.6 Å². The minimum Gasteiger partial charge on any atom is -0.294 e. The van der Waals surface area contributed by atoms with Gasteiger partial charge in [0.2, 0.25) is 0 Å². The Hall–Kier alpha value is -3.52. The van der Waals surface area contributed by atoms with Crippen molar-refractivity contribution >= 4 is 11.6 Å². The van der Waals surface area contributed by atoms with Crippen molar-refractivity contribution < 1.29 is 9.59 Å². The van der Waals surface area contributed by atoms with Crippen molar-refractivity contribution in [2.45, 2.75) is 104 Å². The molecule has 0 saturated heterocycles. The third-order valence-electron chi connectivity index (χ3n) is 9.29. The molecule has 0 N–H and O–H groups in total. The second kappa shape index (κ2) is 15.1. The van der Waals surface area contributed by atoms with Crippen LogP contribution in [-0.4, -0.2) is 11.6 Å². The number of carbonyl (C=O) groups is 2. The van der Waals surface area contributed by atoms with Crippen molar-refractivity contribution in [2.75, 3.05) is 0 Å². The molecule has 2 aliphatic rings. The molecular formula is C40H48O2. The zero-order valence-electron chi connectivity index (χ0n) is 24.8. The summed E-state index contributed by atoms with van der Waals surface area (Å²) in [5, 5.41) is 0. The number of unbranched alkanes of at least 4 members (excludes halogenated alkanes) is 1. The molecule has 2 aliphatic carbocycles. The van der Waals surface area contributed by atoms with Crippen molar-refractivity contribution in [1.29, 1.82) is 0 Å². The Labute approximate surface area is 254 Å². The van der Waals surface area contributed by atoms with Gasteiger partial charge in [-0.05, 0) is 122 Å². The van der Waals surface area contributed by atoms with Gasteiger partial charge in [-0.15, -0.1) is 0 Å². The zero-order valence-corrected chi connectivity index (χ0v) is 24.8. The number of carbonyl (C=O) groups excluding carboxylic acids is 2. The Morgan fingerprint density at radius 2 is 1.48 bits per heavy atom. The largest absolute Gasteiger partial charge is 0.294 e. The molecule has 3 aromatic rings. The van der Waals surface area contributed by atoms with Gasteiger partial charge in [0.15, 0.2) is 11.6 Å². The first-order valence-corrected chi connectivity index (χ1v) is 15.7. The van der Waals surface area contributed by atoms with Crippen LogP contribution in [0.4, 0.5) is 0 Å². The first-order chi connectivity index (χ1) is 20.0. The molecule has 0 unspecified atom stereocenters. The van der Waals surface area contributed by atoms with Crippen LogP contribution in [0.25, 0.3) is 0 Å². The molecular weight excluding hydrogens is 512 g/mol. The molecule has 1 saturated carbocycles. The van der Waals surface area contributed by atoms with Gasteiger partial charge in [-0.2, -0.15) is 0 Å². The normalized spacial score (nSPS) is 17.9. The lowest BCUT2D eigenvalue weighted by Crippen LogP contribution is -2.16. The maximum absolute atomic E-state index is 13.2. The highest BCUT2D eigenvalue weighted by Gasteiger charge is 2.27. The van der Waals surface area contributed by atoms with E-state index in [4.69, 9.17) is 0 Å². The van der Waals surface area contributed by atoms with Gasteiger partial charge in [0.1, 0.15) is 0 Å². The molecule has 1 fully saturated rings. The molecule has 0 radical (unpaired) electrons. The number of rotatable bonds is 12. The van der Waals surface area contributed by atoms with Crippen LogP contribution in [0.5, 0.6) is 0 Å². The van der Waals surface area contributed by atoms with Crippen molar-refractivity contribution in [3.8, 4) is 0 Å². The van der Waals surface area contributed by atoms with Crippen LogP contribution in [-0.2, 0) is 24.1 Å². The third kappa shape index (κ3) is 7.85. The molecule has 0 spiro atoms. The minimum absolute atomic E-state index is 0. The summed E-state index contributed by atoms with van der Waals surface area (Å²) < 4.78 is 0. The van der Waals surface area contributed by atoms with Gasteiger partial charge in [0.05, 0.1) is 0 Å². The standard InChI is InChI=1S/C39H44O2.CH4/c1-3-29-16-18-30(19-17-29)11-5-9-15-38(40)34-24-25-37(35(26-34)27-39(41)33-12-6-7-13-33)32-22-20-31(21-23-32)36-14-8-4-10-28(36)2;/h4,6-8,10,12,14,16-19,24-26,31-32H,3,5,9,11,13,15,20-23,27H2,1-2H3;1H4. The quantitative estimate of drug-likeness (QED) is 0.163. The fourth-order valence-corrected chi connectivity index (χ4v) is 6.73. The summed E-state index contributed by atoms with van der Waals surface area (Å²) >= 11 is 0. The van der Waals surface area contributed by atoms with Crippen molar-refractivity contribution in [1.82, 2.24) is 0 Å². The minimum atomic E-state index is 0. The second-order valence-corrected chi connectivity index (χ2v) is 12.0. The van der Waals surface area contributed by atoms with E-state index < -0.39 is 0 Å². The molecule has 0 aliphatic heterocycles. The predicted octanol–water partition coefficient (Wildman–Crippen LogP) is 10.2. The lowest BCUT2D eigenvalue weighted by Gasteiger charge is -2.31. The Kier molecular flexibility index (Phi) is 11.3. The van der Waals surface area contributed by atoms with Crippen molar-refractivity contribution in [3.63, 3.8) is 0 Å². The van der Waals surface area contributed by atoms with Crippen LogP contribution in [0.3, 0.4) is 0 Å². The van der Waals surface area contributed by atoms with Gasteiger partial charge in [0, 0.05) is 18.4 Å². The predicted molar refractivity (Wildman–Crippen MR) is 177 cm³/mol. The average Bonchev–Trinajstić information content (AvgIpc) is 3.56. The van der Waals surface area contributed by atoms with Crippen LogP contribution in [0.1, 0.15) is 121 Å². The molecule has 2 nitrogen and oxygen atoms in total. The fraction of sp³-hybridized carbons (Fsp3) is 0.400. The molecule has 0 aromatic heterocycles. The molecule has 0 atom stereocenters. The first kappa shape index (κ1) is 31.4. The Morgan fingerprint density at radius 3 is 2.14 bits per heavy atom. The van der Waals surface area contributed by atoms with Gasteiger partial charge in [-0.3, -0.25) is 9.59 Å². The van der Waals surface area contributed by atoms with Crippen LogP contribution in [0.15, 0.2) is 90.5 Å². The first-order valence-electron chi connectivity index (χ1n) is 15.7.